The zero-order chi connectivity index (χ0) is 13.3. The first kappa shape index (κ1) is 12.7. The summed E-state index contributed by atoms with van der Waals surface area (Å²) < 4.78 is 1.78. The van der Waals surface area contributed by atoms with Gasteiger partial charge in [-0.15, -0.1) is 0 Å². The van der Waals surface area contributed by atoms with Crippen LogP contribution in [0.2, 0.25) is 0 Å². The molecule has 0 radical (unpaired) electrons. The van der Waals surface area contributed by atoms with Crippen molar-refractivity contribution in [2.75, 3.05) is 0 Å². The van der Waals surface area contributed by atoms with E-state index in [4.69, 9.17) is 12.2 Å². The quantitative estimate of drug-likeness (QED) is 0.803. The van der Waals surface area contributed by atoms with Gasteiger partial charge in [-0.3, -0.25) is 14.5 Å². The monoisotopic (exact) mass is 261 g/mol. The van der Waals surface area contributed by atoms with E-state index in [1.165, 1.54) is 4.57 Å². The van der Waals surface area contributed by atoms with Gasteiger partial charge in [0, 0.05) is 5.41 Å². The number of benzene rings is 1. The third-order valence-corrected chi connectivity index (χ3v) is 2.87. The Kier molecular flexibility index (Phi) is 3.17. The molecule has 0 unspecified atom stereocenters. The molecule has 4 nitrogen and oxygen atoms in total. The molecule has 2 rings (SSSR count). The van der Waals surface area contributed by atoms with Crippen LogP contribution < -0.4 is 5.56 Å². The van der Waals surface area contributed by atoms with Crippen LogP contribution in [0.15, 0.2) is 35.1 Å². The molecule has 0 fully saturated rings. The van der Waals surface area contributed by atoms with E-state index in [2.05, 4.69) is 10.2 Å². The number of nitrogens with zero attached hydrogens (tertiary/aromatic N) is 2. The van der Waals surface area contributed by atoms with Gasteiger partial charge >= 0.3 is 0 Å². The van der Waals surface area contributed by atoms with Crippen molar-refractivity contribution in [3.05, 3.63) is 51.2 Å². The fourth-order valence-electron chi connectivity index (χ4n) is 1.70. The molecule has 1 N–H and O–H groups in total. The van der Waals surface area contributed by atoms with Gasteiger partial charge in [0.1, 0.15) is 5.69 Å². The molecule has 0 aliphatic heterocycles. The normalized spacial score (nSPS) is 11.5. The molecule has 0 saturated heterocycles. The van der Waals surface area contributed by atoms with Gasteiger partial charge in [0.15, 0.2) is 0 Å². The lowest BCUT2D eigenvalue weighted by Crippen LogP contribution is -2.32. The summed E-state index contributed by atoms with van der Waals surface area (Å²) in [6.07, 6.45) is 0. The highest BCUT2D eigenvalue weighted by Gasteiger charge is 2.22. The van der Waals surface area contributed by atoms with E-state index in [1.807, 2.05) is 51.1 Å². The number of aromatic amines is 1. The molecule has 1 aromatic heterocycles. The van der Waals surface area contributed by atoms with E-state index in [-0.39, 0.29) is 11.0 Å². The molecule has 0 aliphatic carbocycles. The first-order chi connectivity index (χ1) is 8.41. The lowest BCUT2D eigenvalue weighted by atomic mass is 9.93. The van der Waals surface area contributed by atoms with Crippen molar-refractivity contribution in [3.8, 4) is 5.69 Å². The van der Waals surface area contributed by atoms with Gasteiger partial charge in [-0.25, -0.2) is 0 Å². The van der Waals surface area contributed by atoms with Crippen LogP contribution in [0.25, 0.3) is 5.69 Å². The van der Waals surface area contributed by atoms with E-state index in [9.17, 15) is 4.79 Å². The maximum Gasteiger partial charge on any atom is 0.281 e. The average molecular weight is 261 g/mol. The van der Waals surface area contributed by atoms with Gasteiger partial charge in [0.25, 0.3) is 5.56 Å². The number of rotatable bonds is 1. The van der Waals surface area contributed by atoms with Gasteiger partial charge in [-0.2, -0.15) is 5.10 Å². The number of hydrogen-bond donors (Lipinski definition) is 1. The fraction of sp³-hybridized carbons (Fsp3) is 0.308. The minimum absolute atomic E-state index is 0.169. The van der Waals surface area contributed by atoms with Crippen molar-refractivity contribution >= 4 is 12.2 Å². The molecule has 0 spiro atoms. The van der Waals surface area contributed by atoms with Crippen molar-refractivity contribution in [3.63, 3.8) is 0 Å². The summed E-state index contributed by atoms with van der Waals surface area (Å²) in [4.78, 5) is 12.5. The van der Waals surface area contributed by atoms with Gasteiger partial charge in [-0.1, -0.05) is 39.0 Å². The number of para-hydroxylation sites is 1. The summed E-state index contributed by atoms with van der Waals surface area (Å²) in [5.41, 5.74) is 0.724. The summed E-state index contributed by atoms with van der Waals surface area (Å²) in [5.74, 6) is 0. The van der Waals surface area contributed by atoms with E-state index in [0.717, 1.165) is 5.69 Å². The van der Waals surface area contributed by atoms with Crippen LogP contribution in [-0.4, -0.2) is 14.8 Å². The Labute approximate surface area is 110 Å². The van der Waals surface area contributed by atoms with Gasteiger partial charge in [0.05, 0.1) is 5.69 Å². The summed E-state index contributed by atoms with van der Waals surface area (Å²) in [6.45, 7) is 5.84. The van der Waals surface area contributed by atoms with Crippen LogP contribution in [0.4, 0.5) is 0 Å². The second-order valence-electron chi connectivity index (χ2n) is 5.10. The van der Waals surface area contributed by atoms with Crippen LogP contribution in [0.5, 0.6) is 0 Å². The standard InChI is InChI=1S/C13H15N3OS/c1-13(2,3)10-11(17)16(12(18)15-14-10)9-7-5-4-6-8-9/h4-8H,1-3H3,(H,15,18). The van der Waals surface area contributed by atoms with Gasteiger partial charge < -0.3 is 0 Å². The van der Waals surface area contributed by atoms with Crippen molar-refractivity contribution in [1.29, 1.82) is 0 Å². The maximum atomic E-state index is 12.5. The number of H-pyrrole nitrogens is 1. The molecule has 1 aromatic carbocycles. The third-order valence-electron chi connectivity index (χ3n) is 2.60. The second-order valence-corrected chi connectivity index (χ2v) is 5.49. The van der Waals surface area contributed by atoms with Crippen LogP contribution in [0.1, 0.15) is 26.5 Å². The zero-order valence-electron chi connectivity index (χ0n) is 10.6. The van der Waals surface area contributed by atoms with Crippen LogP contribution >= 0.6 is 12.2 Å². The van der Waals surface area contributed by atoms with Crippen LogP contribution in [0, 0.1) is 4.77 Å². The van der Waals surface area contributed by atoms with Crippen molar-refractivity contribution in [2.45, 2.75) is 26.2 Å². The molecule has 94 valence electrons. The zero-order valence-corrected chi connectivity index (χ0v) is 11.4. The smallest absolute Gasteiger partial charge is 0.267 e. The summed E-state index contributed by atoms with van der Waals surface area (Å²) in [5, 5.41) is 6.81. The first-order valence-corrected chi connectivity index (χ1v) is 6.10. The van der Waals surface area contributed by atoms with E-state index < -0.39 is 0 Å². The lowest BCUT2D eigenvalue weighted by Gasteiger charge is -2.17. The minimum atomic E-state index is -0.326. The molecule has 2 aromatic rings. The lowest BCUT2D eigenvalue weighted by molar-refractivity contribution is 0.537. The molecular formula is C13H15N3OS. The second kappa shape index (κ2) is 4.49. The third kappa shape index (κ3) is 2.26. The van der Waals surface area contributed by atoms with Crippen molar-refractivity contribution in [1.82, 2.24) is 14.8 Å². The molecule has 0 atom stereocenters. The summed E-state index contributed by atoms with van der Waals surface area (Å²) in [6, 6.07) is 9.32. The number of hydrogen-bond acceptors (Lipinski definition) is 3. The van der Waals surface area contributed by atoms with Gasteiger partial charge in [0.2, 0.25) is 4.77 Å². The van der Waals surface area contributed by atoms with Crippen LogP contribution in [-0.2, 0) is 5.41 Å². The van der Waals surface area contributed by atoms with E-state index in [0.29, 0.717) is 10.5 Å². The largest absolute Gasteiger partial charge is 0.281 e. The Balaban J connectivity index is 2.77. The number of aromatic nitrogens is 3. The molecule has 18 heavy (non-hydrogen) atoms. The van der Waals surface area contributed by atoms with Gasteiger partial charge in [-0.05, 0) is 24.4 Å². The van der Waals surface area contributed by atoms with Crippen molar-refractivity contribution < 1.29 is 0 Å². The maximum absolute atomic E-state index is 12.5. The summed E-state index contributed by atoms with van der Waals surface area (Å²) >= 11 is 5.15. The Hall–Kier alpha value is -1.75. The Morgan fingerprint density at radius 3 is 2.39 bits per heavy atom. The van der Waals surface area contributed by atoms with E-state index >= 15 is 0 Å². The molecule has 5 heteroatoms. The highest BCUT2D eigenvalue weighted by molar-refractivity contribution is 7.71. The molecule has 0 aliphatic rings. The Bertz CT molecular complexity index is 665. The Morgan fingerprint density at radius 2 is 1.83 bits per heavy atom. The van der Waals surface area contributed by atoms with Crippen molar-refractivity contribution in [2.24, 2.45) is 0 Å². The molecule has 0 saturated carbocycles. The highest BCUT2D eigenvalue weighted by Crippen LogP contribution is 2.16. The Morgan fingerprint density at radius 1 is 1.22 bits per heavy atom. The highest BCUT2D eigenvalue weighted by atomic mass is 32.1. The van der Waals surface area contributed by atoms with Crippen LogP contribution in [0.3, 0.4) is 0 Å². The molecule has 1 heterocycles. The molecule has 0 bridgehead atoms. The van der Waals surface area contributed by atoms with E-state index in [1.54, 1.807) is 0 Å². The topological polar surface area (TPSA) is 50.7 Å². The molecule has 0 amide bonds. The predicted molar refractivity (Wildman–Crippen MR) is 73.7 cm³/mol. The fourth-order valence-corrected chi connectivity index (χ4v) is 1.93. The number of nitrogens with one attached hydrogen (secondary N) is 1. The first-order valence-electron chi connectivity index (χ1n) is 5.69. The SMILES string of the molecule is CC(C)(C)c1n[nH]c(=S)n(-c2ccccc2)c1=O. The molecular weight excluding hydrogens is 246 g/mol. The minimum Gasteiger partial charge on any atom is -0.267 e. The average Bonchev–Trinajstić information content (AvgIpc) is 2.28. The predicted octanol–water partition coefficient (Wildman–Crippen LogP) is 2.59. The summed E-state index contributed by atoms with van der Waals surface area (Å²) in [7, 11) is 0.